The average Bonchev–Trinajstić information content (AvgIpc) is 2.85. The average molecular weight is 318 g/mol. The third-order valence-corrected chi connectivity index (χ3v) is 5.14. The van der Waals surface area contributed by atoms with Gasteiger partial charge in [-0.15, -0.1) is 11.8 Å². The Balaban J connectivity index is 1.75. The minimum absolute atomic E-state index is 0.00406. The van der Waals surface area contributed by atoms with Gasteiger partial charge in [-0.05, 0) is 18.9 Å². The van der Waals surface area contributed by atoms with E-state index in [4.69, 9.17) is 5.73 Å². The third-order valence-electron chi connectivity index (χ3n) is 3.82. The molecule has 2 N–H and O–H groups in total. The van der Waals surface area contributed by atoms with Crippen LogP contribution in [0.25, 0.3) is 11.0 Å². The summed E-state index contributed by atoms with van der Waals surface area (Å²) in [7, 11) is 1.85. The van der Waals surface area contributed by atoms with E-state index in [2.05, 4.69) is 21.6 Å². The first-order valence-electron chi connectivity index (χ1n) is 7.11. The van der Waals surface area contributed by atoms with E-state index in [1.807, 2.05) is 11.9 Å². The maximum absolute atomic E-state index is 11.6. The van der Waals surface area contributed by atoms with E-state index in [-0.39, 0.29) is 5.91 Å². The number of hydrogen-bond donors (Lipinski definition) is 1. The Morgan fingerprint density at radius 1 is 1.45 bits per heavy atom. The number of aromatic nitrogens is 4. The normalized spacial score (nSPS) is 16.1. The molecular weight excluding hydrogens is 300 g/mol. The number of nitrogens with two attached hydrogens (primary N) is 1. The summed E-state index contributed by atoms with van der Waals surface area (Å²) >= 11 is 1.69. The van der Waals surface area contributed by atoms with Crippen molar-refractivity contribution >= 4 is 34.5 Å². The Bertz CT molecular complexity index is 719. The van der Waals surface area contributed by atoms with Crippen molar-refractivity contribution in [2.24, 2.45) is 7.05 Å². The molecule has 0 radical (unpaired) electrons. The SMILES string of the molecule is C=CC(=O)N1CCC(Sc2nn(C)c3ncnc(N)c23)CC1. The van der Waals surface area contributed by atoms with E-state index in [0.29, 0.717) is 11.1 Å². The van der Waals surface area contributed by atoms with E-state index >= 15 is 0 Å². The Morgan fingerprint density at radius 3 is 2.86 bits per heavy atom. The van der Waals surface area contributed by atoms with Crippen LogP contribution in [-0.2, 0) is 11.8 Å². The number of thioether (sulfide) groups is 1. The number of rotatable bonds is 3. The van der Waals surface area contributed by atoms with Crippen molar-refractivity contribution in [1.82, 2.24) is 24.6 Å². The highest BCUT2D eigenvalue weighted by molar-refractivity contribution is 8.00. The van der Waals surface area contributed by atoms with E-state index < -0.39 is 0 Å². The number of nitrogen functional groups attached to an aromatic ring is 1. The largest absolute Gasteiger partial charge is 0.383 e. The molecule has 2 aromatic heterocycles. The van der Waals surface area contributed by atoms with Gasteiger partial charge in [0.25, 0.3) is 0 Å². The first-order chi connectivity index (χ1) is 10.6. The predicted octanol–water partition coefficient (Wildman–Crippen LogP) is 1.21. The van der Waals surface area contributed by atoms with Gasteiger partial charge in [0.2, 0.25) is 5.91 Å². The van der Waals surface area contributed by atoms with Gasteiger partial charge >= 0.3 is 0 Å². The van der Waals surface area contributed by atoms with Gasteiger partial charge in [-0.1, -0.05) is 6.58 Å². The first-order valence-corrected chi connectivity index (χ1v) is 7.99. The van der Waals surface area contributed by atoms with Gasteiger partial charge in [0.15, 0.2) is 5.65 Å². The quantitative estimate of drug-likeness (QED) is 0.856. The summed E-state index contributed by atoms with van der Waals surface area (Å²) in [4.78, 5) is 21.7. The molecule has 1 saturated heterocycles. The molecule has 0 saturated carbocycles. The van der Waals surface area contributed by atoms with E-state index in [1.165, 1.54) is 12.4 Å². The van der Waals surface area contributed by atoms with Crippen LogP contribution in [0.15, 0.2) is 24.0 Å². The summed E-state index contributed by atoms with van der Waals surface area (Å²) in [5, 5.41) is 6.61. The fourth-order valence-corrected chi connectivity index (χ4v) is 3.88. The molecule has 8 heteroatoms. The Morgan fingerprint density at radius 2 is 2.18 bits per heavy atom. The summed E-state index contributed by atoms with van der Waals surface area (Å²) in [5.74, 6) is 0.462. The van der Waals surface area contributed by atoms with Crippen molar-refractivity contribution in [1.29, 1.82) is 0 Å². The summed E-state index contributed by atoms with van der Waals surface area (Å²) < 4.78 is 1.73. The number of fused-ring (bicyclic) bond motifs is 1. The molecule has 0 aliphatic carbocycles. The van der Waals surface area contributed by atoms with E-state index in [1.54, 1.807) is 16.4 Å². The molecule has 3 heterocycles. The number of nitrogens with zero attached hydrogens (tertiary/aromatic N) is 5. The Labute approximate surface area is 132 Å². The molecule has 2 aromatic rings. The van der Waals surface area contributed by atoms with Gasteiger partial charge in [0.1, 0.15) is 17.2 Å². The number of amides is 1. The number of hydrogen-bond acceptors (Lipinski definition) is 6. The van der Waals surface area contributed by atoms with Crippen LogP contribution in [-0.4, -0.2) is 48.9 Å². The van der Waals surface area contributed by atoms with Gasteiger partial charge in [0, 0.05) is 25.4 Å². The van der Waals surface area contributed by atoms with E-state index in [9.17, 15) is 4.79 Å². The second-order valence-electron chi connectivity index (χ2n) is 5.23. The third kappa shape index (κ3) is 2.66. The zero-order chi connectivity index (χ0) is 15.7. The second-order valence-corrected chi connectivity index (χ2v) is 6.52. The van der Waals surface area contributed by atoms with Crippen LogP contribution < -0.4 is 5.73 Å². The van der Waals surface area contributed by atoms with Crippen molar-refractivity contribution in [3.8, 4) is 0 Å². The molecular formula is C14H18N6OS. The number of piperidine rings is 1. The van der Waals surface area contributed by atoms with Gasteiger partial charge in [-0.2, -0.15) is 5.10 Å². The van der Waals surface area contributed by atoms with Gasteiger partial charge < -0.3 is 10.6 Å². The zero-order valence-corrected chi connectivity index (χ0v) is 13.2. The molecule has 0 bridgehead atoms. The molecule has 1 aliphatic heterocycles. The lowest BCUT2D eigenvalue weighted by atomic mass is 10.1. The first kappa shape index (κ1) is 14.8. The van der Waals surface area contributed by atoms with Crippen LogP contribution in [0.4, 0.5) is 5.82 Å². The van der Waals surface area contributed by atoms with Crippen LogP contribution in [0.5, 0.6) is 0 Å². The van der Waals surface area contributed by atoms with Crippen molar-refractivity contribution in [3.05, 3.63) is 19.0 Å². The Kier molecular flexibility index (Phi) is 4.02. The lowest BCUT2D eigenvalue weighted by Crippen LogP contribution is -2.38. The number of aryl methyl sites for hydroxylation is 1. The fourth-order valence-electron chi connectivity index (χ4n) is 2.64. The lowest BCUT2D eigenvalue weighted by Gasteiger charge is -2.30. The summed E-state index contributed by atoms with van der Waals surface area (Å²) in [6.45, 7) is 5.03. The molecule has 116 valence electrons. The summed E-state index contributed by atoms with van der Waals surface area (Å²) in [6.07, 6.45) is 4.68. The van der Waals surface area contributed by atoms with Gasteiger partial charge in [0.05, 0.1) is 5.39 Å². The minimum atomic E-state index is 0.00406. The highest BCUT2D eigenvalue weighted by atomic mass is 32.2. The molecule has 0 aromatic carbocycles. The second kappa shape index (κ2) is 5.96. The summed E-state index contributed by atoms with van der Waals surface area (Å²) in [6, 6.07) is 0. The van der Waals surface area contributed by atoms with Crippen LogP contribution in [0.2, 0.25) is 0 Å². The summed E-state index contributed by atoms with van der Waals surface area (Å²) in [5.41, 5.74) is 6.72. The van der Waals surface area contributed by atoms with Gasteiger partial charge in [-0.25, -0.2) is 14.6 Å². The van der Waals surface area contributed by atoms with Crippen molar-refractivity contribution in [2.75, 3.05) is 18.8 Å². The zero-order valence-electron chi connectivity index (χ0n) is 12.4. The number of carbonyl (C=O) groups excluding carboxylic acids is 1. The fraction of sp³-hybridized carbons (Fsp3) is 0.429. The van der Waals surface area contributed by atoms with Crippen LogP contribution >= 0.6 is 11.8 Å². The topological polar surface area (TPSA) is 89.9 Å². The number of anilines is 1. The van der Waals surface area contributed by atoms with Crippen molar-refractivity contribution in [2.45, 2.75) is 23.1 Å². The molecule has 0 unspecified atom stereocenters. The standard InChI is InChI=1S/C14H18N6OS/c1-3-10(21)20-6-4-9(5-7-20)22-14-11-12(15)16-8-17-13(11)19(2)18-14/h3,8-9H,1,4-7H2,2H3,(H2,15,16,17). The molecule has 1 amide bonds. The number of carbonyl (C=O) groups is 1. The maximum atomic E-state index is 11.6. The van der Waals surface area contributed by atoms with Gasteiger partial charge in [-0.3, -0.25) is 4.79 Å². The van der Waals surface area contributed by atoms with Crippen molar-refractivity contribution in [3.63, 3.8) is 0 Å². The van der Waals surface area contributed by atoms with E-state index in [0.717, 1.165) is 42.0 Å². The predicted molar refractivity (Wildman–Crippen MR) is 86.4 cm³/mol. The van der Waals surface area contributed by atoms with Crippen LogP contribution in [0, 0.1) is 0 Å². The van der Waals surface area contributed by atoms with Crippen molar-refractivity contribution < 1.29 is 4.79 Å². The molecule has 3 rings (SSSR count). The smallest absolute Gasteiger partial charge is 0.245 e. The monoisotopic (exact) mass is 318 g/mol. The highest BCUT2D eigenvalue weighted by Gasteiger charge is 2.24. The molecule has 7 nitrogen and oxygen atoms in total. The lowest BCUT2D eigenvalue weighted by molar-refractivity contribution is -0.126. The van der Waals surface area contributed by atoms with Crippen LogP contribution in [0.1, 0.15) is 12.8 Å². The minimum Gasteiger partial charge on any atom is -0.383 e. The highest BCUT2D eigenvalue weighted by Crippen LogP contribution is 2.35. The maximum Gasteiger partial charge on any atom is 0.245 e. The molecule has 0 spiro atoms. The molecule has 0 atom stereocenters. The van der Waals surface area contributed by atoms with Crippen LogP contribution in [0.3, 0.4) is 0 Å². The molecule has 22 heavy (non-hydrogen) atoms. The number of likely N-dealkylation sites (tertiary alicyclic amines) is 1. The molecule has 1 fully saturated rings. The molecule has 1 aliphatic rings. The Hall–Kier alpha value is -2.09.